The molecule has 3 aromatic carbocycles. The Labute approximate surface area is 218 Å². The number of furan rings is 1. The predicted octanol–water partition coefficient (Wildman–Crippen LogP) is 6.40. The average Bonchev–Trinajstić information content (AvgIpc) is 3.36. The highest BCUT2D eigenvalue weighted by Crippen LogP contribution is 2.37. The molecule has 5 rings (SSSR count). The molecule has 2 heterocycles. The Balaban J connectivity index is 1.32. The molecule has 8 heteroatoms. The average molecular weight is 519 g/mol. The standard InChI is InChI=1S/C29H24ClFN2O4/c1-18(34)33-14-13-19-7-10-24(16-26(19)28(33)20-5-8-22(31)9-6-20)36-17-25-11-12-27(37-25)29(35)32-23-4-2-3-21(30)15-23/h2-12,15-16,28H,13-14,17H2,1H3,(H,32,35). The fourth-order valence-electron chi connectivity index (χ4n) is 4.52. The number of anilines is 1. The summed E-state index contributed by atoms with van der Waals surface area (Å²) in [6.07, 6.45) is 0.718. The zero-order valence-electron chi connectivity index (χ0n) is 20.0. The largest absolute Gasteiger partial charge is 0.486 e. The van der Waals surface area contributed by atoms with E-state index in [0.717, 1.165) is 23.1 Å². The second kappa shape index (κ2) is 10.5. The Morgan fingerprint density at radius 1 is 1.08 bits per heavy atom. The molecule has 1 aliphatic heterocycles. The quantitative estimate of drug-likeness (QED) is 0.321. The van der Waals surface area contributed by atoms with Crippen LogP contribution in [0.15, 0.2) is 83.3 Å². The van der Waals surface area contributed by atoms with Crippen molar-refractivity contribution in [1.29, 1.82) is 0 Å². The first-order valence-corrected chi connectivity index (χ1v) is 12.2. The van der Waals surface area contributed by atoms with Crippen LogP contribution in [0.25, 0.3) is 0 Å². The van der Waals surface area contributed by atoms with Crippen molar-refractivity contribution in [3.63, 3.8) is 0 Å². The summed E-state index contributed by atoms with van der Waals surface area (Å²) in [6, 6.07) is 21.8. The second-order valence-corrected chi connectivity index (χ2v) is 9.23. The third-order valence-electron chi connectivity index (χ3n) is 6.28. The van der Waals surface area contributed by atoms with Crippen LogP contribution in [0, 0.1) is 5.82 Å². The van der Waals surface area contributed by atoms with Crippen LogP contribution >= 0.6 is 11.6 Å². The first-order valence-electron chi connectivity index (χ1n) is 11.8. The summed E-state index contributed by atoms with van der Waals surface area (Å²) < 4.78 is 25.2. The lowest BCUT2D eigenvalue weighted by molar-refractivity contribution is -0.130. The molecule has 0 saturated carbocycles. The summed E-state index contributed by atoms with van der Waals surface area (Å²) in [7, 11) is 0. The topological polar surface area (TPSA) is 71.8 Å². The van der Waals surface area contributed by atoms with Crippen LogP contribution in [0.1, 0.15) is 46.0 Å². The molecule has 1 unspecified atom stereocenters. The van der Waals surface area contributed by atoms with Crippen LogP contribution in [-0.2, 0) is 17.8 Å². The van der Waals surface area contributed by atoms with Gasteiger partial charge in [-0.25, -0.2) is 4.39 Å². The number of carbonyl (C=O) groups is 2. The lowest BCUT2D eigenvalue weighted by atomic mass is 9.88. The van der Waals surface area contributed by atoms with E-state index in [1.165, 1.54) is 12.1 Å². The van der Waals surface area contributed by atoms with Gasteiger partial charge in [0, 0.05) is 24.2 Å². The number of nitrogens with one attached hydrogen (secondary N) is 1. The molecule has 1 atom stereocenters. The van der Waals surface area contributed by atoms with Crippen molar-refractivity contribution in [1.82, 2.24) is 4.90 Å². The van der Waals surface area contributed by atoms with Gasteiger partial charge in [0.05, 0.1) is 6.04 Å². The molecule has 0 saturated heterocycles. The maximum atomic E-state index is 13.6. The van der Waals surface area contributed by atoms with E-state index in [1.807, 2.05) is 18.2 Å². The number of rotatable bonds is 6. The Bertz CT molecular complexity index is 1450. The van der Waals surface area contributed by atoms with Crippen molar-refractivity contribution in [2.75, 3.05) is 11.9 Å². The molecule has 0 bridgehead atoms. The van der Waals surface area contributed by atoms with E-state index >= 15 is 0 Å². The van der Waals surface area contributed by atoms with Crippen LogP contribution in [0.3, 0.4) is 0 Å². The van der Waals surface area contributed by atoms with E-state index in [9.17, 15) is 14.0 Å². The molecule has 0 fully saturated rings. The summed E-state index contributed by atoms with van der Waals surface area (Å²) in [5.74, 6) is 0.453. The summed E-state index contributed by atoms with van der Waals surface area (Å²) in [6.45, 7) is 2.23. The normalized spacial score (nSPS) is 14.7. The molecule has 188 valence electrons. The van der Waals surface area contributed by atoms with Gasteiger partial charge >= 0.3 is 0 Å². The lowest BCUT2D eigenvalue weighted by Crippen LogP contribution is -2.39. The van der Waals surface area contributed by atoms with Crippen LogP contribution in [0.2, 0.25) is 5.02 Å². The molecule has 0 radical (unpaired) electrons. The van der Waals surface area contributed by atoms with Gasteiger partial charge in [-0.1, -0.05) is 35.9 Å². The van der Waals surface area contributed by atoms with Gasteiger partial charge in [0.15, 0.2) is 5.76 Å². The Hall–Kier alpha value is -4.10. The van der Waals surface area contributed by atoms with Gasteiger partial charge in [0.25, 0.3) is 5.91 Å². The van der Waals surface area contributed by atoms with E-state index in [1.54, 1.807) is 60.4 Å². The molecule has 0 spiro atoms. The van der Waals surface area contributed by atoms with Gasteiger partial charge in [-0.3, -0.25) is 9.59 Å². The van der Waals surface area contributed by atoms with E-state index < -0.39 is 5.91 Å². The highest BCUT2D eigenvalue weighted by Gasteiger charge is 2.31. The number of nitrogens with zero attached hydrogens (tertiary/aromatic N) is 1. The molecule has 0 aliphatic carbocycles. The molecular formula is C29H24ClFN2O4. The van der Waals surface area contributed by atoms with Gasteiger partial charge in [0.2, 0.25) is 5.91 Å². The van der Waals surface area contributed by atoms with E-state index in [0.29, 0.717) is 28.8 Å². The zero-order valence-corrected chi connectivity index (χ0v) is 20.8. The molecule has 2 amide bonds. The van der Waals surface area contributed by atoms with Crippen LogP contribution in [0.4, 0.5) is 10.1 Å². The van der Waals surface area contributed by atoms with E-state index in [-0.39, 0.29) is 30.1 Å². The second-order valence-electron chi connectivity index (χ2n) is 8.80. The molecular weight excluding hydrogens is 495 g/mol. The molecule has 6 nitrogen and oxygen atoms in total. The third-order valence-corrected chi connectivity index (χ3v) is 6.52. The van der Waals surface area contributed by atoms with Crippen molar-refractivity contribution in [2.24, 2.45) is 0 Å². The van der Waals surface area contributed by atoms with Crippen molar-refractivity contribution in [3.8, 4) is 5.75 Å². The van der Waals surface area contributed by atoms with Crippen molar-refractivity contribution < 1.29 is 23.1 Å². The van der Waals surface area contributed by atoms with Crippen LogP contribution in [0.5, 0.6) is 5.75 Å². The number of benzene rings is 3. The molecule has 1 aromatic heterocycles. The summed E-state index contributed by atoms with van der Waals surface area (Å²) >= 11 is 5.97. The monoisotopic (exact) mass is 518 g/mol. The van der Waals surface area contributed by atoms with E-state index in [4.69, 9.17) is 20.8 Å². The molecule has 1 N–H and O–H groups in total. The smallest absolute Gasteiger partial charge is 0.291 e. The van der Waals surface area contributed by atoms with Crippen molar-refractivity contribution in [2.45, 2.75) is 26.0 Å². The fourth-order valence-corrected chi connectivity index (χ4v) is 4.71. The number of carbonyl (C=O) groups excluding carboxylic acids is 2. The highest BCUT2D eigenvalue weighted by molar-refractivity contribution is 6.30. The number of fused-ring (bicyclic) bond motifs is 1. The first-order chi connectivity index (χ1) is 17.9. The van der Waals surface area contributed by atoms with Gasteiger partial charge in [-0.2, -0.15) is 0 Å². The number of halogens is 2. The first kappa shape index (κ1) is 24.6. The Morgan fingerprint density at radius 2 is 1.89 bits per heavy atom. The zero-order chi connectivity index (χ0) is 25.9. The van der Waals surface area contributed by atoms with Crippen LogP contribution < -0.4 is 10.1 Å². The van der Waals surface area contributed by atoms with Gasteiger partial charge in [-0.05, 0) is 77.7 Å². The van der Waals surface area contributed by atoms with Gasteiger partial charge in [-0.15, -0.1) is 0 Å². The highest BCUT2D eigenvalue weighted by atomic mass is 35.5. The predicted molar refractivity (Wildman–Crippen MR) is 138 cm³/mol. The molecule has 4 aromatic rings. The fraction of sp³-hybridized carbons (Fsp3) is 0.172. The SMILES string of the molecule is CC(=O)N1CCc2ccc(OCc3ccc(C(=O)Nc4cccc(Cl)c4)o3)cc2C1c1ccc(F)cc1. The van der Waals surface area contributed by atoms with Crippen molar-refractivity contribution >= 4 is 29.1 Å². The molecule has 37 heavy (non-hydrogen) atoms. The third kappa shape index (κ3) is 5.52. The number of hydrogen-bond donors (Lipinski definition) is 1. The summed E-state index contributed by atoms with van der Waals surface area (Å²) in [4.78, 5) is 26.7. The lowest BCUT2D eigenvalue weighted by Gasteiger charge is -2.37. The minimum atomic E-state index is -0.395. The Morgan fingerprint density at radius 3 is 2.65 bits per heavy atom. The number of ether oxygens (including phenoxy) is 1. The number of amides is 2. The van der Waals surface area contributed by atoms with Gasteiger partial charge in [0.1, 0.15) is 23.9 Å². The van der Waals surface area contributed by atoms with E-state index in [2.05, 4.69) is 5.32 Å². The van der Waals surface area contributed by atoms with Gasteiger partial charge < -0.3 is 19.4 Å². The summed E-state index contributed by atoms with van der Waals surface area (Å²) in [5, 5.41) is 3.26. The number of hydrogen-bond acceptors (Lipinski definition) is 4. The maximum absolute atomic E-state index is 13.6. The summed E-state index contributed by atoms with van der Waals surface area (Å²) in [5.41, 5.74) is 3.44. The van der Waals surface area contributed by atoms with Crippen LogP contribution in [-0.4, -0.2) is 23.3 Å². The Kier molecular flexibility index (Phi) is 6.97. The minimum absolute atomic E-state index is 0.0505. The van der Waals surface area contributed by atoms with Crippen molar-refractivity contribution in [3.05, 3.63) is 118 Å². The minimum Gasteiger partial charge on any atom is -0.486 e. The maximum Gasteiger partial charge on any atom is 0.291 e. The molecule has 1 aliphatic rings.